The van der Waals surface area contributed by atoms with Gasteiger partial charge in [-0.25, -0.2) is 0 Å². The molecule has 0 saturated heterocycles. The quantitative estimate of drug-likeness (QED) is 0.197. The first kappa shape index (κ1) is 41.4. The molecule has 2 aliphatic rings. The molecule has 7 nitrogen and oxygen atoms in total. The van der Waals surface area contributed by atoms with Gasteiger partial charge in [0.25, 0.3) is 0 Å². The van der Waals surface area contributed by atoms with E-state index in [1.165, 1.54) is 39.7 Å². The van der Waals surface area contributed by atoms with Crippen LogP contribution in [0.3, 0.4) is 0 Å². The number of hydrogen-bond acceptors (Lipinski definition) is 7. The predicted octanol–water partition coefficient (Wildman–Crippen LogP) is 3.37. The van der Waals surface area contributed by atoms with Crippen LogP contribution in [0.1, 0.15) is 57.6 Å². The zero-order chi connectivity index (χ0) is 30.7. The van der Waals surface area contributed by atoms with Crippen LogP contribution in [0.2, 0.25) is 5.31 Å². The summed E-state index contributed by atoms with van der Waals surface area (Å²) in [6, 6.07) is 20.3. The van der Waals surface area contributed by atoms with Crippen LogP contribution in [0.4, 0.5) is 0 Å². The van der Waals surface area contributed by atoms with Crippen LogP contribution in [-0.2, 0) is 36.7 Å². The van der Waals surface area contributed by atoms with E-state index in [0.717, 1.165) is 31.6 Å². The number of ether oxygens (including phenoxy) is 2. The summed E-state index contributed by atoms with van der Waals surface area (Å²) in [4.78, 5) is 0. The maximum absolute atomic E-state index is 9.14. The summed E-state index contributed by atoms with van der Waals surface area (Å²) in [5, 5.41) is 17.9. The van der Waals surface area contributed by atoms with E-state index in [4.69, 9.17) is 19.5 Å². The van der Waals surface area contributed by atoms with Crippen LogP contribution in [0.25, 0.3) is 0 Å². The molecule has 0 radical (unpaired) electrons. The van der Waals surface area contributed by atoms with Gasteiger partial charge in [0.1, 0.15) is 0 Å². The van der Waals surface area contributed by atoms with Crippen molar-refractivity contribution in [3.05, 3.63) is 78.7 Å². The van der Waals surface area contributed by atoms with E-state index in [0.29, 0.717) is 23.5 Å². The van der Waals surface area contributed by atoms with Crippen molar-refractivity contribution >= 4 is 30.4 Å². The summed E-state index contributed by atoms with van der Waals surface area (Å²) in [5.41, 5.74) is 2.40. The number of hydrogen-bond donors (Lipinski definition) is 2. The standard InChI is InChI=1S/C12H17BO3.C12H15BrO.C4H9.C3H9BO3.Li/c1-12(13(14)15)7-11(12)9-16-8-10-5-3-2-4-6-10;1-12(13)7-11(12)9-14-8-10-5-3-2-4-6-10;1-3-4-2;1-5-4(6-2)7-3;/h2-6,11,14-15H,7-9H2,1H3;2-6,11H,7-9H2,1H3;1,3-4H2,2H3;1-3H3;/q;;-1;;+1. The fourth-order valence-corrected chi connectivity index (χ4v) is 4.29. The van der Waals surface area contributed by atoms with E-state index in [2.05, 4.69) is 62.8 Å². The maximum Gasteiger partial charge on any atom is 1.00 e. The van der Waals surface area contributed by atoms with Gasteiger partial charge in [0, 0.05) is 37.6 Å². The van der Waals surface area contributed by atoms with Crippen molar-refractivity contribution < 1.29 is 52.3 Å². The topological polar surface area (TPSA) is 86.6 Å². The first-order chi connectivity index (χ1) is 19.6. The van der Waals surface area contributed by atoms with E-state index in [9.17, 15) is 0 Å². The smallest absolute Gasteiger partial charge is 0.427 e. The Morgan fingerprint density at radius 2 is 1.19 bits per heavy atom. The molecule has 0 aromatic heterocycles. The van der Waals surface area contributed by atoms with Crippen molar-refractivity contribution in [2.45, 2.75) is 69.3 Å². The van der Waals surface area contributed by atoms with Crippen molar-refractivity contribution in [1.82, 2.24) is 0 Å². The van der Waals surface area contributed by atoms with E-state index >= 15 is 0 Å². The minimum Gasteiger partial charge on any atom is -0.427 e. The van der Waals surface area contributed by atoms with Crippen LogP contribution < -0.4 is 18.9 Å². The molecule has 2 aliphatic carbocycles. The Bertz CT molecular complexity index is 903. The third kappa shape index (κ3) is 17.0. The van der Waals surface area contributed by atoms with E-state index in [1.807, 2.05) is 55.5 Å². The Morgan fingerprint density at radius 3 is 1.45 bits per heavy atom. The first-order valence-electron chi connectivity index (χ1n) is 14.2. The molecule has 0 heterocycles. The van der Waals surface area contributed by atoms with Crippen LogP contribution in [0.5, 0.6) is 0 Å². The molecule has 4 atom stereocenters. The Kier molecular flexibility index (Phi) is 22.5. The third-order valence-corrected chi connectivity index (χ3v) is 8.15. The summed E-state index contributed by atoms with van der Waals surface area (Å²) >= 11 is 3.66. The van der Waals surface area contributed by atoms with Crippen molar-refractivity contribution in [2.75, 3.05) is 34.5 Å². The largest absolute Gasteiger partial charge is 1.00 e. The average Bonchev–Trinajstić information content (AvgIpc) is 3.84. The molecule has 4 unspecified atom stereocenters. The SMILES string of the molecule is CC1(B(O)O)CC1COCc1ccccc1.CC1(Br)CC1COCc1ccccc1.COB(OC)OC.[CH2-]CCC.[Li+]. The number of halogens is 1. The Morgan fingerprint density at radius 1 is 0.810 bits per heavy atom. The monoisotopic (exact) mass is 642 g/mol. The molecule has 2 aromatic rings. The van der Waals surface area contributed by atoms with E-state index in [1.54, 1.807) is 0 Å². The third-order valence-electron chi connectivity index (χ3n) is 7.18. The van der Waals surface area contributed by atoms with Gasteiger partial charge in [-0.1, -0.05) is 96.9 Å². The van der Waals surface area contributed by atoms with Crippen molar-refractivity contribution in [2.24, 2.45) is 11.8 Å². The van der Waals surface area contributed by atoms with Crippen LogP contribution in [0.15, 0.2) is 60.7 Å². The molecule has 0 amide bonds. The van der Waals surface area contributed by atoms with E-state index < -0.39 is 14.4 Å². The molecule has 4 rings (SSSR count). The molecule has 230 valence electrons. The van der Waals surface area contributed by atoms with Gasteiger partial charge in [-0.2, -0.15) is 6.42 Å². The van der Waals surface area contributed by atoms with Gasteiger partial charge in [-0.05, 0) is 42.7 Å². The second-order valence-electron chi connectivity index (χ2n) is 10.8. The second kappa shape index (κ2) is 22.8. The molecule has 42 heavy (non-hydrogen) atoms. The molecule has 2 aromatic carbocycles. The average molecular weight is 643 g/mol. The zero-order valence-electron chi connectivity index (χ0n) is 26.8. The molecule has 2 fully saturated rings. The fourth-order valence-electron chi connectivity index (χ4n) is 3.77. The summed E-state index contributed by atoms with van der Waals surface area (Å²) in [6.07, 6.45) is 4.35. The molecular formula is C31H50B2BrLiO7. The summed E-state index contributed by atoms with van der Waals surface area (Å²) in [7, 11) is 2.80. The number of alkyl halides is 1. The maximum atomic E-state index is 9.14. The molecule has 2 N–H and O–H groups in total. The molecule has 0 bridgehead atoms. The zero-order valence-corrected chi connectivity index (χ0v) is 28.3. The van der Waals surface area contributed by atoms with Crippen molar-refractivity contribution in [3.8, 4) is 0 Å². The number of unbranched alkanes of at least 4 members (excludes halogenated alkanes) is 1. The molecule has 0 spiro atoms. The molecule has 2 saturated carbocycles. The van der Waals surface area contributed by atoms with Gasteiger partial charge < -0.3 is 40.4 Å². The minimum atomic E-state index is -1.22. The van der Waals surface area contributed by atoms with Gasteiger partial charge in [0.15, 0.2) is 0 Å². The van der Waals surface area contributed by atoms with Crippen molar-refractivity contribution in [1.29, 1.82) is 0 Å². The van der Waals surface area contributed by atoms with Crippen LogP contribution in [-0.4, -0.2) is 63.4 Å². The number of rotatable bonds is 13. The van der Waals surface area contributed by atoms with Gasteiger partial charge >= 0.3 is 33.3 Å². The first-order valence-corrected chi connectivity index (χ1v) is 15.0. The summed E-state index contributed by atoms with van der Waals surface area (Å²) in [6.45, 7) is 12.6. The summed E-state index contributed by atoms with van der Waals surface area (Å²) < 4.78 is 25.4. The van der Waals surface area contributed by atoms with Gasteiger partial charge in [-0.3, -0.25) is 0 Å². The van der Waals surface area contributed by atoms with Gasteiger partial charge in [0.05, 0.1) is 19.8 Å². The van der Waals surface area contributed by atoms with Crippen LogP contribution >= 0.6 is 15.9 Å². The minimum absolute atomic E-state index is 0. The Labute approximate surface area is 276 Å². The van der Waals surface area contributed by atoms with Crippen LogP contribution in [0, 0.1) is 18.8 Å². The molecular weight excluding hydrogens is 593 g/mol. The Balaban J connectivity index is 0.000000590. The summed E-state index contributed by atoms with van der Waals surface area (Å²) in [5.74, 6) is 0.974. The second-order valence-corrected chi connectivity index (χ2v) is 12.6. The Hall–Kier alpha value is -0.633. The van der Waals surface area contributed by atoms with Gasteiger partial charge in [0.2, 0.25) is 0 Å². The van der Waals surface area contributed by atoms with E-state index in [-0.39, 0.29) is 30.1 Å². The number of benzene rings is 2. The fraction of sp³-hybridized carbons (Fsp3) is 0.581. The molecule has 11 heteroatoms. The molecule has 0 aliphatic heterocycles. The van der Waals surface area contributed by atoms with Gasteiger partial charge in [-0.15, -0.1) is 0 Å². The predicted molar refractivity (Wildman–Crippen MR) is 171 cm³/mol. The normalized spacial score (nSPS) is 22.9. The van der Waals surface area contributed by atoms with Crippen molar-refractivity contribution in [3.63, 3.8) is 0 Å².